The molecule has 0 fully saturated rings. The average Bonchev–Trinajstić information content (AvgIpc) is 2.19. The molecule has 0 saturated heterocycles. The van der Waals surface area contributed by atoms with Crippen LogP contribution in [0, 0.1) is 0 Å². The second kappa shape index (κ2) is 4.32. The summed E-state index contributed by atoms with van der Waals surface area (Å²) >= 11 is 0. The quantitative estimate of drug-likeness (QED) is 0.412. The van der Waals surface area contributed by atoms with Crippen LogP contribution in [0.3, 0.4) is 0 Å². The first-order valence-corrected chi connectivity index (χ1v) is 3.61. The maximum atomic E-state index is 4.89. The van der Waals surface area contributed by atoms with E-state index in [-0.39, 0.29) is 0 Å². The molecule has 1 aromatic heterocycles. The van der Waals surface area contributed by atoms with E-state index in [2.05, 4.69) is 26.4 Å². The minimum Gasteiger partial charge on any atom is -0.396 e. The van der Waals surface area contributed by atoms with Crippen molar-refractivity contribution in [1.29, 1.82) is 0 Å². The molecule has 5 nitrogen and oxygen atoms in total. The van der Waals surface area contributed by atoms with Gasteiger partial charge in [-0.3, -0.25) is 9.97 Å². The molecular formula is C8H10N4O. The second-order valence-electron chi connectivity index (χ2n) is 2.29. The van der Waals surface area contributed by atoms with Crippen molar-refractivity contribution in [3.05, 3.63) is 30.9 Å². The maximum Gasteiger partial charge on any atom is 0.210 e. The van der Waals surface area contributed by atoms with Crippen LogP contribution in [0.15, 0.2) is 30.2 Å². The lowest BCUT2D eigenvalue weighted by molar-refractivity contribution is 0.318. The van der Waals surface area contributed by atoms with Crippen molar-refractivity contribution in [2.75, 3.05) is 0 Å². The third-order valence-corrected chi connectivity index (χ3v) is 1.32. The van der Waals surface area contributed by atoms with E-state index in [0.717, 1.165) is 0 Å². The molecule has 0 atom stereocenters. The molecule has 0 amide bonds. The Labute approximate surface area is 75.9 Å². The summed E-state index contributed by atoms with van der Waals surface area (Å²) in [5.41, 5.74) is 1.06. The van der Waals surface area contributed by atoms with Crippen LogP contribution >= 0.6 is 0 Å². The summed E-state index contributed by atoms with van der Waals surface area (Å²) in [5, 5.41) is 0. The number of aliphatic imine (C=N–C) groups is 1. The minimum absolute atomic E-state index is 0.329. The van der Waals surface area contributed by atoms with E-state index in [9.17, 15) is 0 Å². The van der Waals surface area contributed by atoms with Gasteiger partial charge in [-0.15, -0.1) is 0 Å². The normalized spacial score (nSPS) is 11.1. The highest BCUT2D eigenvalue weighted by Gasteiger charge is 1.98. The average molecular weight is 178 g/mol. The molecule has 0 aliphatic carbocycles. The van der Waals surface area contributed by atoms with Crippen molar-refractivity contribution in [1.82, 2.24) is 9.97 Å². The molecule has 1 heterocycles. The Kier molecular flexibility index (Phi) is 3.10. The number of nitrogens with zero attached hydrogens (tertiary/aromatic N) is 3. The van der Waals surface area contributed by atoms with Gasteiger partial charge in [0.2, 0.25) is 5.90 Å². The van der Waals surface area contributed by atoms with Crippen molar-refractivity contribution in [3.8, 4) is 0 Å². The fourth-order valence-electron chi connectivity index (χ4n) is 0.722. The van der Waals surface area contributed by atoms with Crippen molar-refractivity contribution in [3.63, 3.8) is 0 Å². The molecule has 0 spiro atoms. The first-order valence-electron chi connectivity index (χ1n) is 3.61. The molecule has 68 valence electrons. The van der Waals surface area contributed by atoms with Gasteiger partial charge in [0.25, 0.3) is 0 Å². The topological polar surface area (TPSA) is 73.4 Å². The molecule has 1 rings (SSSR count). The largest absolute Gasteiger partial charge is 0.396 e. The molecule has 0 aliphatic heterocycles. The van der Waals surface area contributed by atoms with Gasteiger partial charge in [0.05, 0.1) is 11.9 Å². The molecule has 0 aromatic carbocycles. The fraction of sp³-hybridized carbons (Fsp3) is 0.125. The van der Waals surface area contributed by atoms with E-state index >= 15 is 0 Å². The Morgan fingerprint density at radius 2 is 2.38 bits per heavy atom. The molecule has 0 saturated carbocycles. The van der Waals surface area contributed by atoms with Crippen molar-refractivity contribution in [2.24, 2.45) is 10.9 Å². The molecular weight excluding hydrogens is 168 g/mol. The third-order valence-electron chi connectivity index (χ3n) is 1.32. The van der Waals surface area contributed by atoms with Gasteiger partial charge in [-0.25, -0.2) is 4.99 Å². The summed E-state index contributed by atoms with van der Waals surface area (Å²) in [6, 6.07) is 0. The molecule has 0 unspecified atom stereocenters. The van der Waals surface area contributed by atoms with Gasteiger partial charge in [0, 0.05) is 19.3 Å². The van der Waals surface area contributed by atoms with Gasteiger partial charge >= 0.3 is 0 Å². The second-order valence-corrected chi connectivity index (χ2v) is 2.29. The minimum atomic E-state index is 0.329. The Balaban J connectivity index is 2.81. The van der Waals surface area contributed by atoms with Crippen LogP contribution in [0.25, 0.3) is 5.70 Å². The van der Waals surface area contributed by atoms with Crippen molar-refractivity contribution < 1.29 is 4.84 Å². The van der Waals surface area contributed by atoms with Crippen LogP contribution in [-0.4, -0.2) is 15.9 Å². The van der Waals surface area contributed by atoms with E-state index in [1.807, 2.05) is 0 Å². The van der Waals surface area contributed by atoms with Crippen LogP contribution in [0.1, 0.15) is 12.6 Å². The van der Waals surface area contributed by atoms with Gasteiger partial charge in [0.1, 0.15) is 5.69 Å². The van der Waals surface area contributed by atoms with Gasteiger partial charge < -0.3 is 4.84 Å². The summed E-state index contributed by atoms with van der Waals surface area (Å²) in [7, 11) is 0. The van der Waals surface area contributed by atoms with Crippen LogP contribution in [0.4, 0.5) is 0 Å². The molecule has 0 aliphatic rings. The summed E-state index contributed by atoms with van der Waals surface area (Å²) in [5.74, 6) is 5.22. The Hall–Kier alpha value is -1.75. The first-order chi connectivity index (χ1) is 6.24. The first kappa shape index (κ1) is 9.34. The number of hydrogen-bond acceptors (Lipinski definition) is 5. The van der Waals surface area contributed by atoms with Crippen molar-refractivity contribution in [2.45, 2.75) is 6.92 Å². The van der Waals surface area contributed by atoms with Crippen LogP contribution < -0.4 is 5.90 Å². The smallest absolute Gasteiger partial charge is 0.210 e. The van der Waals surface area contributed by atoms with Gasteiger partial charge in [-0.05, 0) is 0 Å². The van der Waals surface area contributed by atoms with Crippen molar-refractivity contribution >= 4 is 11.6 Å². The summed E-state index contributed by atoms with van der Waals surface area (Å²) in [6.07, 6.45) is 4.71. The van der Waals surface area contributed by atoms with E-state index in [4.69, 9.17) is 5.90 Å². The van der Waals surface area contributed by atoms with Gasteiger partial charge in [-0.2, -0.15) is 5.90 Å². The van der Waals surface area contributed by atoms with E-state index in [1.165, 1.54) is 0 Å². The standard InChI is InChI=1S/C8H10N4O/c1-6(12-7(2)13-9)8-5-10-3-4-11-8/h3-5H,1,9H2,2H3/b12-7-. The van der Waals surface area contributed by atoms with E-state index in [1.54, 1.807) is 25.5 Å². The predicted molar refractivity (Wildman–Crippen MR) is 49.4 cm³/mol. The zero-order valence-corrected chi connectivity index (χ0v) is 7.27. The lowest BCUT2D eigenvalue weighted by Gasteiger charge is -1.99. The lowest BCUT2D eigenvalue weighted by atomic mass is 10.4. The van der Waals surface area contributed by atoms with E-state index < -0.39 is 0 Å². The Bertz CT molecular complexity index is 320. The Morgan fingerprint density at radius 1 is 1.62 bits per heavy atom. The van der Waals surface area contributed by atoms with Crippen LogP contribution in [-0.2, 0) is 4.84 Å². The number of rotatable bonds is 2. The molecule has 0 bridgehead atoms. The fourth-order valence-corrected chi connectivity index (χ4v) is 0.722. The zero-order chi connectivity index (χ0) is 9.68. The highest BCUT2D eigenvalue weighted by molar-refractivity contribution is 5.80. The highest BCUT2D eigenvalue weighted by Crippen LogP contribution is 2.08. The van der Waals surface area contributed by atoms with E-state index in [0.29, 0.717) is 17.3 Å². The number of aromatic nitrogens is 2. The van der Waals surface area contributed by atoms with Crippen LogP contribution in [0.5, 0.6) is 0 Å². The summed E-state index contributed by atoms with van der Waals surface area (Å²) in [4.78, 5) is 16.2. The van der Waals surface area contributed by atoms with Gasteiger partial charge in [0.15, 0.2) is 0 Å². The molecule has 2 N–H and O–H groups in total. The molecule has 5 heteroatoms. The third kappa shape index (κ3) is 2.64. The van der Waals surface area contributed by atoms with Crippen LogP contribution in [0.2, 0.25) is 0 Å². The van der Waals surface area contributed by atoms with Gasteiger partial charge in [-0.1, -0.05) is 6.58 Å². The molecule has 0 radical (unpaired) electrons. The summed E-state index contributed by atoms with van der Waals surface area (Å²) < 4.78 is 0. The number of hydrogen-bond donors (Lipinski definition) is 1. The predicted octanol–water partition coefficient (Wildman–Crippen LogP) is 0.756. The zero-order valence-electron chi connectivity index (χ0n) is 7.27. The lowest BCUT2D eigenvalue weighted by Crippen LogP contribution is -2.05. The maximum absolute atomic E-state index is 4.89. The highest BCUT2D eigenvalue weighted by atomic mass is 16.6. The molecule has 1 aromatic rings. The molecule has 13 heavy (non-hydrogen) atoms. The monoisotopic (exact) mass is 178 g/mol. The Morgan fingerprint density at radius 3 is 2.92 bits per heavy atom. The SMILES string of the molecule is C=C(/N=C(/C)ON)c1cnccn1. The number of nitrogens with two attached hydrogens (primary N) is 1. The summed E-state index contributed by atoms with van der Waals surface area (Å²) in [6.45, 7) is 5.31.